The third-order valence-electron chi connectivity index (χ3n) is 2.81. The van der Waals surface area contributed by atoms with E-state index in [2.05, 4.69) is 10.2 Å². The molecule has 0 aromatic carbocycles. The molecule has 1 saturated heterocycles. The molecule has 1 aliphatic heterocycles. The van der Waals surface area contributed by atoms with E-state index >= 15 is 0 Å². The van der Waals surface area contributed by atoms with Gasteiger partial charge in [0.2, 0.25) is 5.91 Å². The van der Waals surface area contributed by atoms with Crippen molar-refractivity contribution in [1.29, 1.82) is 0 Å². The van der Waals surface area contributed by atoms with Crippen LogP contribution in [-0.4, -0.2) is 38.5 Å². The number of rotatable bonds is 1. The molecule has 1 aliphatic rings. The van der Waals surface area contributed by atoms with Crippen LogP contribution < -0.4 is 0 Å². The number of likely N-dealkylation sites (N-methyl/N-ethyl adjacent to an activating group) is 1. The predicted octanol–water partition coefficient (Wildman–Crippen LogP) is 0.569. The molecule has 16 heavy (non-hydrogen) atoms. The average Bonchev–Trinajstić information content (AvgIpc) is 2.57. The minimum Gasteiger partial charge on any atom is -0.292 e. The van der Waals surface area contributed by atoms with Crippen molar-refractivity contribution in [2.45, 2.75) is 25.8 Å². The number of piperidine rings is 1. The van der Waals surface area contributed by atoms with E-state index < -0.39 is 6.04 Å². The highest BCUT2D eigenvalue weighted by molar-refractivity contribution is 7.71. The third kappa shape index (κ3) is 1.57. The number of nitrogens with zero attached hydrogens (tertiary/aromatic N) is 3. The lowest BCUT2D eigenvalue weighted by Crippen LogP contribution is -2.43. The maximum atomic E-state index is 11.9. The molecule has 1 N–H and O–H groups in total. The summed E-state index contributed by atoms with van der Waals surface area (Å²) < 4.78 is 2.08. The third-order valence-corrected chi connectivity index (χ3v) is 3.10. The number of amides is 2. The summed E-state index contributed by atoms with van der Waals surface area (Å²) in [6.45, 7) is 1.77. The first-order valence-corrected chi connectivity index (χ1v) is 5.37. The van der Waals surface area contributed by atoms with Crippen LogP contribution >= 0.6 is 12.2 Å². The fourth-order valence-corrected chi connectivity index (χ4v) is 2.19. The van der Waals surface area contributed by atoms with E-state index in [4.69, 9.17) is 12.2 Å². The standard InChI is InChI=1S/C9H12N4O2S/c1-5-10-11-9(16)13(5)6-3-4-7(14)12(2)8(6)15/h6H,3-4H2,1-2H3,(H,11,16). The molecule has 2 amide bonds. The fourth-order valence-electron chi connectivity index (χ4n) is 1.89. The van der Waals surface area contributed by atoms with Gasteiger partial charge in [0.1, 0.15) is 11.9 Å². The molecule has 0 bridgehead atoms. The molecule has 1 atom stereocenters. The number of aryl methyl sites for hydroxylation is 1. The van der Waals surface area contributed by atoms with E-state index in [9.17, 15) is 9.59 Å². The van der Waals surface area contributed by atoms with Crippen LogP contribution in [0.1, 0.15) is 24.7 Å². The summed E-state index contributed by atoms with van der Waals surface area (Å²) in [5.41, 5.74) is 0. The first-order valence-electron chi connectivity index (χ1n) is 4.96. The Hall–Kier alpha value is -1.50. The number of hydrogen-bond donors (Lipinski definition) is 1. The molecule has 6 nitrogen and oxygen atoms in total. The van der Waals surface area contributed by atoms with E-state index in [1.807, 2.05) is 0 Å². The largest absolute Gasteiger partial charge is 0.292 e. The molecule has 7 heteroatoms. The normalized spacial score (nSPS) is 21.6. The lowest BCUT2D eigenvalue weighted by molar-refractivity contribution is -0.149. The lowest BCUT2D eigenvalue weighted by Gasteiger charge is -2.28. The highest BCUT2D eigenvalue weighted by Crippen LogP contribution is 2.23. The number of nitrogens with one attached hydrogen (secondary N) is 1. The molecule has 1 unspecified atom stereocenters. The molecule has 0 radical (unpaired) electrons. The fraction of sp³-hybridized carbons (Fsp3) is 0.556. The highest BCUT2D eigenvalue weighted by atomic mass is 32.1. The maximum absolute atomic E-state index is 11.9. The van der Waals surface area contributed by atoms with E-state index in [-0.39, 0.29) is 11.8 Å². The molecule has 0 aliphatic carbocycles. The van der Waals surface area contributed by atoms with E-state index in [0.717, 1.165) is 4.90 Å². The summed E-state index contributed by atoms with van der Waals surface area (Å²) in [6, 6.07) is -0.408. The van der Waals surface area contributed by atoms with Crippen LogP contribution in [-0.2, 0) is 9.59 Å². The molecule has 86 valence electrons. The van der Waals surface area contributed by atoms with Crippen LogP contribution in [0.3, 0.4) is 0 Å². The number of H-pyrrole nitrogens is 1. The van der Waals surface area contributed by atoms with Gasteiger partial charge >= 0.3 is 0 Å². The van der Waals surface area contributed by atoms with Gasteiger partial charge in [0.05, 0.1) is 0 Å². The summed E-state index contributed by atoms with van der Waals surface area (Å²) >= 11 is 5.06. The van der Waals surface area contributed by atoms with Gasteiger partial charge in [0, 0.05) is 13.5 Å². The Morgan fingerprint density at radius 1 is 1.50 bits per heavy atom. The van der Waals surface area contributed by atoms with Crippen LogP contribution in [0.15, 0.2) is 0 Å². The van der Waals surface area contributed by atoms with Crippen LogP contribution in [0.25, 0.3) is 0 Å². The Labute approximate surface area is 97.2 Å². The van der Waals surface area contributed by atoms with Gasteiger partial charge in [-0.15, -0.1) is 0 Å². The minimum absolute atomic E-state index is 0.145. The first kappa shape index (κ1) is 11.0. The molecule has 1 aromatic rings. The zero-order valence-electron chi connectivity index (χ0n) is 9.06. The molecule has 2 rings (SSSR count). The second-order valence-corrected chi connectivity index (χ2v) is 4.18. The van der Waals surface area contributed by atoms with E-state index in [1.54, 1.807) is 11.5 Å². The monoisotopic (exact) mass is 240 g/mol. The van der Waals surface area contributed by atoms with Crippen molar-refractivity contribution in [3.8, 4) is 0 Å². The van der Waals surface area contributed by atoms with Gasteiger partial charge in [0.15, 0.2) is 4.77 Å². The van der Waals surface area contributed by atoms with Gasteiger partial charge in [-0.05, 0) is 25.6 Å². The van der Waals surface area contributed by atoms with Crippen LogP contribution in [0.5, 0.6) is 0 Å². The molecular weight excluding hydrogens is 228 g/mol. The highest BCUT2D eigenvalue weighted by Gasteiger charge is 2.34. The van der Waals surface area contributed by atoms with Gasteiger partial charge in [-0.1, -0.05) is 0 Å². The van der Waals surface area contributed by atoms with Crippen LogP contribution in [0, 0.1) is 11.7 Å². The van der Waals surface area contributed by atoms with Crippen molar-refractivity contribution >= 4 is 24.0 Å². The number of hydrogen-bond acceptors (Lipinski definition) is 4. The van der Waals surface area contributed by atoms with Crippen molar-refractivity contribution in [3.05, 3.63) is 10.6 Å². The Morgan fingerprint density at radius 2 is 2.19 bits per heavy atom. The number of aromatic nitrogens is 3. The molecule has 0 saturated carbocycles. The summed E-state index contributed by atoms with van der Waals surface area (Å²) in [6.07, 6.45) is 0.843. The molecule has 0 spiro atoms. The maximum Gasteiger partial charge on any atom is 0.252 e. The summed E-state index contributed by atoms with van der Waals surface area (Å²) in [4.78, 5) is 24.4. The van der Waals surface area contributed by atoms with Crippen molar-refractivity contribution in [1.82, 2.24) is 19.7 Å². The zero-order valence-corrected chi connectivity index (χ0v) is 9.87. The zero-order chi connectivity index (χ0) is 11.9. The Morgan fingerprint density at radius 3 is 2.75 bits per heavy atom. The summed E-state index contributed by atoms with van der Waals surface area (Å²) in [5, 5.41) is 6.60. The van der Waals surface area contributed by atoms with Crippen LogP contribution in [0.2, 0.25) is 0 Å². The van der Waals surface area contributed by atoms with Crippen molar-refractivity contribution in [2.75, 3.05) is 7.05 Å². The Bertz CT molecular complexity index is 504. The van der Waals surface area contributed by atoms with Crippen molar-refractivity contribution in [3.63, 3.8) is 0 Å². The number of carbonyl (C=O) groups is 2. The number of aromatic amines is 1. The minimum atomic E-state index is -0.408. The van der Waals surface area contributed by atoms with Gasteiger partial charge in [-0.25, -0.2) is 0 Å². The lowest BCUT2D eigenvalue weighted by atomic mass is 10.0. The van der Waals surface area contributed by atoms with Gasteiger partial charge in [-0.2, -0.15) is 5.10 Å². The molecule has 1 fully saturated rings. The quantitative estimate of drug-likeness (QED) is 0.575. The van der Waals surface area contributed by atoms with Gasteiger partial charge in [-0.3, -0.25) is 24.2 Å². The van der Waals surface area contributed by atoms with E-state index in [1.165, 1.54) is 7.05 Å². The second kappa shape index (κ2) is 3.82. The number of likely N-dealkylation sites (tertiary alicyclic amines) is 1. The SMILES string of the molecule is Cc1n[nH]c(=S)n1C1CCC(=O)N(C)C1=O. The first-order chi connectivity index (χ1) is 7.52. The average molecular weight is 240 g/mol. The van der Waals surface area contributed by atoms with Crippen LogP contribution in [0.4, 0.5) is 0 Å². The van der Waals surface area contributed by atoms with E-state index in [0.29, 0.717) is 23.4 Å². The predicted molar refractivity (Wildman–Crippen MR) is 58.2 cm³/mol. The smallest absolute Gasteiger partial charge is 0.252 e. The van der Waals surface area contributed by atoms with Crippen molar-refractivity contribution < 1.29 is 9.59 Å². The molecule has 1 aromatic heterocycles. The topological polar surface area (TPSA) is 71.0 Å². The Balaban J connectivity index is 2.40. The summed E-state index contributed by atoms with van der Waals surface area (Å²) in [7, 11) is 1.50. The summed E-state index contributed by atoms with van der Waals surface area (Å²) in [5.74, 6) is 0.289. The van der Waals surface area contributed by atoms with Gasteiger partial charge in [0.25, 0.3) is 5.91 Å². The van der Waals surface area contributed by atoms with Gasteiger partial charge < -0.3 is 0 Å². The van der Waals surface area contributed by atoms with Crippen molar-refractivity contribution in [2.24, 2.45) is 0 Å². The molecule has 2 heterocycles. The molecular formula is C9H12N4O2S. The number of carbonyl (C=O) groups excluding carboxylic acids is 2. The Kier molecular flexibility index (Phi) is 2.63. The number of imide groups is 1. The second-order valence-electron chi connectivity index (χ2n) is 3.79.